The second-order valence-electron chi connectivity index (χ2n) is 5.81. The Hall–Kier alpha value is -2.18. The van der Waals surface area contributed by atoms with Crippen molar-refractivity contribution in [1.82, 2.24) is 5.32 Å². The summed E-state index contributed by atoms with van der Waals surface area (Å²) in [6.07, 6.45) is 3.32. The molecule has 1 aromatic heterocycles. The lowest BCUT2D eigenvalue weighted by atomic mass is 10.0. The van der Waals surface area contributed by atoms with Crippen molar-refractivity contribution in [3.05, 3.63) is 46.2 Å². The number of rotatable bonds is 5. The second kappa shape index (κ2) is 7.59. The predicted octanol–water partition coefficient (Wildman–Crippen LogP) is 2.81. The van der Waals surface area contributed by atoms with Gasteiger partial charge >= 0.3 is 0 Å². The van der Waals surface area contributed by atoms with E-state index in [0.29, 0.717) is 17.0 Å². The molecule has 1 aliphatic heterocycles. The van der Waals surface area contributed by atoms with Crippen LogP contribution in [-0.4, -0.2) is 31.1 Å². The molecular weight excluding hydrogens is 324 g/mol. The van der Waals surface area contributed by atoms with Gasteiger partial charge in [-0.15, -0.1) is 11.3 Å². The first-order valence-electron chi connectivity index (χ1n) is 8.02. The Kier molecular flexibility index (Phi) is 5.27. The highest BCUT2D eigenvalue weighted by Gasteiger charge is 2.16. The van der Waals surface area contributed by atoms with Crippen LogP contribution < -0.4 is 11.1 Å². The average Bonchev–Trinajstić information content (AvgIpc) is 3.11. The number of ether oxygens (including phenoxy) is 1. The first kappa shape index (κ1) is 16.7. The van der Waals surface area contributed by atoms with Gasteiger partial charge in [-0.25, -0.2) is 0 Å². The molecule has 3 N–H and O–H groups in total. The fraction of sp³-hybridized carbons (Fsp3) is 0.333. The minimum Gasteiger partial charge on any atom is -0.376 e. The molecular formula is C18H20N2O3S. The summed E-state index contributed by atoms with van der Waals surface area (Å²) in [5.74, 6) is -0.592. The topological polar surface area (TPSA) is 81.4 Å². The molecule has 0 spiro atoms. The molecule has 0 bridgehead atoms. The van der Waals surface area contributed by atoms with Crippen LogP contribution in [0.25, 0.3) is 11.1 Å². The summed E-state index contributed by atoms with van der Waals surface area (Å²) in [4.78, 5) is 24.4. The Morgan fingerprint density at radius 2 is 2.17 bits per heavy atom. The minimum absolute atomic E-state index is 0.101. The van der Waals surface area contributed by atoms with Gasteiger partial charge in [-0.05, 0) is 48.4 Å². The zero-order chi connectivity index (χ0) is 16.9. The quantitative estimate of drug-likeness (QED) is 0.875. The van der Waals surface area contributed by atoms with Crippen LogP contribution >= 0.6 is 11.3 Å². The standard InChI is InChI=1S/C18H20N2O3S/c19-17(21)16-15(7-9-24-16)12-4-3-5-13(10-12)18(22)20-11-14-6-1-2-8-23-14/h3-5,7,9-10,14H,1-2,6,8,11H2,(H2,19,21)(H,20,22)/t14-/m1/s1. The highest BCUT2D eigenvalue weighted by molar-refractivity contribution is 7.12. The van der Waals surface area contributed by atoms with E-state index in [2.05, 4.69) is 5.32 Å². The number of benzene rings is 1. The van der Waals surface area contributed by atoms with Gasteiger partial charge in [0, 0.05) is 24.3 Å². The van der Waals surface area contributed by atoms with Crippen molar-refractivity contribution in [3.63, 3.8) is 0 Å². The Balaban J connectivity index is 1.71. The van der Waals surface area contributed by atoms with E-state index >= 15 is 0 Å². The summed E-state index contributed by atoms with van der Waals surface area (Å²) >= 11 is 1.30. The minimum atomic E-state index is -0.454. The number of primary amides is 1. The number of nitrogens with two attached hydrogens (primary N) is 1. The van der Waals surface area contributed by atoms with Crippen molar-refractivity contribution >= 4 is 23.2 Å². The lowest BCUT2D eigenvalue weighted by Gasteiger charge is -2.22. The molecule has 2 amide bonds. The number of nitrogens with one attached hydrogen (secondary N) is 1. The van der Waals surface area contributed by atoms with E-state index in [1.54, 1.807) is 12.1 Å². The van der Waals surface area contributed by atoms with Crippen molar-refractivity contribution in [2.45, 2.75) is 25.4 Å². The van der Waals surface area contributed by atoms with Crippen LogP contribution in [0.4, 0.5) is 0 Å². The van der Waals surface area contributed by atoms with Crippen LogP contribution in [0.2, 0.25) is 0 Å². The summed E-state index contributed by atoms with van der Waals surface area (Å²) < 4.78 is 5.62. The third kappa shape index (κ3) is 3.83. The smallest absolute Gasteiger partial charge is 0.259 e. The van der Waals surface area contributed by atoms with E-state index in [4.69, 9.17) is 10.5 Å². The Labute approximate surface area is 144 Å². The van der Waals surface area contributed by atoms with Crippen molar-refractivity contribution in [1.29, 1.82) is 0 Å². The lowest BCUT2D eigenvalue weighted by molar-refractivity contribution is 0.0169. The van der Waals surface area contributed by atoms with Crippen LogP contribution in [-0.2, 0) is 4.74 Å². The normalized spacial score (nSPS) is 17.4. The SMILES string of the molecule is NC(=O)c1sccc1-c1cccc(C(=O)NC[C@H]2CCCCO2)c1. The molecule has 2 heterocycles. The molecule has 1 fully saturated rings. The first-order chi connectivity index (χ1) is 11.6. The van der Waals surface area contributed by atoms with Crippen LogP contribution in [0.15, 0.2) is 35.7 Å². The molecule has 2 aromatic rings. The zero-order valence-electron chi connectivity index (χ0n) is 13.3. The van der Waals surface area contributed by atoms with E-state index in [1.807, 2.05) is 23.6 Å². The van der Waals surface area contributed by atoms with E-state index in [0.717, 1.165) is 37.0 Å². The van der Waals surface area contributed by atoms with Gasteiger partial charge in [-0.2, -0.15) is 0 Å². The molecule has 1 aliphatic rings. The fourth-order valence-corrected chi connectivity index (χ4v) is 3.60. The monoisotopic (exact) mass is 344 g/mol. The first-order valence-corrected chi connectivity index (χ1v) is 8.90. The van der Waals surface area contributed by atoms with E-state index < -0.39 is 5.91 Å². The average molecular weight is 344 g/mol. The highest BCUT2D eigenvalue weighted by Crippen LogP contribution is 2.28. The van der Waals surface area contributed by atoms with Gasteiger partial charge in [0.25, 0.3) is 11.8 Å². The number of thiophene rings is 1. The lowest BCUT2D eigenvalue weighted by Crippen LogP contribution is -2.35. The van der Waals surface area contributed by atoms with E-state index in [9.17, 15) is 9.59 Å². The van der Waals surface area contributed by atoms with Gasteiger partial charge in [-0.3, -0.25) is 9.59 Å². The molecule has 3 rings (SSSR count). The van der Waals surface area contributed by atoms with Crippen LogP contribution in [0.5, 0.6) is 0 Å². The van der Waals surface area contributed by atoms with Crippen molar-refractivity contribution in [2.24, 2.45) is 5.73 Å². The number of hydrogen-bond acceptors (Lipinski definition) is 4. The van der Waals surface area contributed by atoms with Gasteiger partial charge in [-0.1, -0.05) is 12.1 Å². The third-order valence-electron chi connectivity index (χ3n) is 4.09. The molecule has 0 aliphatic carbocycles. The maximum atomic E-state index is 12.4. The maximum absolute atomic E-state index is 12.4. The molecule has 0 saturated carbocycles. The molecule has 126 valence electrons. The zero-order valence-corrected chi connectivity index (χ0v) is 14.1. The molecule has 0 unspecified atom stereocenters. The van der Waals surface area contributed by atoms with Gasteiger partial charge in [0.05, 0.1) is 11.0 Å². The van der Waals surface area contributed by atoms with Gasteiger partial charge in [0.15, 0.2) is 0 Å². The summed E-state index contributed by atoms with van der Waals surface area (Å²) in [7, 11) is 0. The molecule has 24 heavy (non-hydrogen) atoms. The van der Waals surface area contributed by atoms with E-state index in [1.165, 1.54) is 11.3 Å². The number of carbonyl (C=O) groups is 2. The Bertz CT molecular complexity index is 735. The summed E-state index contributed by atoms with van der Waals surface area (Å²) in [5, 5.41) is 4.75. The third-order valence-corrected chi connectivity index (χ3v) is 5.02. The molecule has 1 aromatic carbocycles. The van der Waals surface area contributed by atoms with Gasteiger partial charge < -0.3 is 15.8 Å². The molecule has 0 radical (unpaired) electrons. The van der Waals surface area contributed by atoms with Gasteiger partial charge in [0.1, 0.15) is 0 Å². The van der Waals surface area contributed by atoms with Gasteiger partial charge in [0.2, 0.25) is 0 Å². The van der Waals surface area contributed by atoms with Crippen molar-refractivity contribution in [2.75, 3.05) is 13.2 Å². The largest absolute Gasteiger partial charge is 0.376 e. The van der Waals surface area contributed by atoms with E-state index in [-0.39, 0.29) is 12.0 Å². The fourth-order valence-electron chi connectivity index (χ4n) is 2.83. The molecule has 5 nitrogen and oxygen atoms in total. The van der Waals surface area contributed by atoms with Crippen LogP contribution in [0.1, 0.15) is 39.3 Å². The van der Waals surface area contributed by atoms with Crippen molar-refractivity contribution in [3.8, 4) is 11.1 Å². The Morgan fingerprint density at radius 3 is 2.92 bits per heavy atom. The number of amides is 2. The highest BCUT2D eigenvalue weighted by atomic mass is 32.1. The Morgan fingerprint density at radius 1 is 1.29 bits per heavy atom. The van der Waals surface area contributed by atoms with Crippen LogP contribution in [0.3, 0.4) is 0 Å². The second-order valence-corrected chi connectivity index (χ2v) is 6.72. The predicted molar refractivity (Wildman–Crippen MR) is 94.2 cm³/mol. The molecule has 1 saturated heterocycles. The number of carbonyl (C=O) groups excluding carboxylic acids is 2. The molecule has 6 heteroatoms. The number of hydrogen-bond donors (Lipinski definition) is 2. The maximum Gasteiger partial charge on any atom is 0.259 e. The summed E-state index contributed by atoms with van der Waals surface area (Å²) in [6, 6.07) is 9.07. The summed E-state index contributed by atoms with van der Waals surface area (Å²) in [6.45, 7) is 1.29. The van der Waals surface area contributed by atoms with Crippen LogP contribution in [0, 0.1) is 0 Å². The van der Waals surface area contributed by atoms with Crippen molar-refractivity contribution < 1.29 is 14.3 Å². The molecule has 1 atom stereocenters. The summed E-state index contributed by atoms with van der Waals surface area (Å²) in [5.41, 5.74) is 7.54.